The molecular weight excluding hydrogens is 126 g/mol. The second-order valence-electron chi connectivity index (χ2n) is 2.50. The fourth-order valence-electron chi connectivity index (χ4n) is 0.877. The predicted molar refractivity (Wildman–Crippen MR) is 41.2 cm³/mol. The highest BCUT2D eigenvalue weighted by atomic mass is 15.2. The van der Waals surface area contributed by atoms with Crippen LogP contribution in [0.3, 0.4) is 0 Å². The van der Waals surface area contributed by atoms with E-state index >= 15 is 0 Å². The van der Waals surface area contributed by atoms with Crippen LogP contribution in [0.5, 0.6) is 0 Å². The summed E-state index contributed by atoms with van der Waals surface area (Å²) >= 11 is 0. The van der Waals surface area contributed by atoms with Gasteiger partial charge in [0.1, 0.15) is 0 Å². The highest BCUT2D eigenvalue weighted by Crippen LogP contribution is 2.09. The highest BCUT2D eigenvalue weighted by Gasteiger charge is 2.01. The Hall–Kier alpha value is -0.800. The molecule has 56 valence electrons. The standard InChI is InChI=1S/C7H13N3/c1-6(9-8)7-3-4-10(2)5-7/h3-6,9H,8H2,1-2H3. The summed E-state index contributed by atoms with van der Waals surface area (Å²) in [6.07, 6.45) is 4.05. The molecule has 3 heteroatoms. The Morgan fingerprint density at radius 1 is 1.70 bits per heavy atom. The molecule has 0 saturated carbocycles. The first-order valence-corrected chi connectivity index (χ1v) is 3.32. The molecule has 0 aliphatic heterocycles. The average Bonchev–Trinajstić information content (AvgIpc) is 2.34. The van der Waals surface area contributed by atoms with E-state index in [4.69, 9.17) is 5.84 Å². The zero-order valence-electron chi connectivity index (χ0n) is 6.33. The summed E-state index contributed by atoms with van der Waals surface area (Å²) < 4.78 is 2.00. The third-order valence-electron chi connectivity index (χ3n) is 1.60. The molecule has 0 aromatic carbocycles. The average molecular weight is 139 g/mol. The van der Waals surface area contributed by atoms with Crippen molar-refractivity contribution in [1.82, 2.24) is 9.99 Å². The van der Waals surface area contributed by atoms with Gasteiger partial charge in [-0.2, -0.15) is 0 Å². The lowest BCUT2D eigenvalue weighted by atomic mass is 10.2. The van der Waals surface area contributed by atoms with Gasteiger partial charge in [-0.1, -0.05) is 0 Å². The minimum Gasteiger partial charge on any atom is -0.357 e. The first-order valence-electron chi connectivity index (χ1n) is 3.32. The summed E-state index contributed by atoms with van der Waals surface area (Å²) in [5, 5.41) is 0. The maximum atomic E-state index is 5.25. The van der Waals surface area contributed by atoms with Crippen molar-refractivity contribution in [3.8, 4) is 0 Å². The maximum Gasteiger partial charge on any atom is 0.0446 e. The Morgan fingerprint density at radius 2 is 2.40 bits per heavy atom. The third kappa shape index (κ3) is 1.37. The van der Waals surface area contributed by atoms with E-state index in [1.807, 2.05) is 37.0 Å². The van der Waals surface area contributed by atoms with Crippen LogP contribution in [0.25, 0.3) is 0 Å². The van der Waals surface area contributed by atoms with Crippen LogP contribution < -0.4 is 11.3 Å². The van der Waals surface area contributed by atoms with Crippen LogP contribution in [0.1, 0.15) is 18.5 Å². The number of hydrazine groups is 1. The van der Waals surface area contributed by atoms with Crippen LogP contribution in [-0.4, -0.2) is 4.57 Å². The lowest BCUT2D eigenvalue weighted by molar-refractivity contribution is 0.601. The lowest BCUT2D eigenvalue weighted by Gasteiger charge is -2.05. The van der Waals surface area contributed by atoms with E-state index in [9.17, 15) is 0 Å². The smallest absolute Gasteiger partial charge is 0.0446 e. The van der Waals surface area contributed by atoms with E-state index in [0.29, 0.717) is 0 Å². The van der Waals surface area contributed by atoms with Gasteiger partial charge in [-0.15, -0.1) is 0 Å². The highest BCUT2D eigenvalue weighted by molar-refractivity contribution is 5.13. The predicted octanol–water partition coefficient (Wildman–Crippen LogP) is 0.549. The van der Waals surface area contributed by atoms with Gasteiger partial charge in [-0.05, 0) is 18.6 Å². The molecule has 1 atom stereocenters. The first kappa shape index (κ1) is 7.31. The van der Waals surface area contributed by atoms with Crippen LogP contribution in [0.2, 0.25) is 0 Å². The topological polar surface area (TPSA) is 43.0 Å². The molecule has 1 aromatic heterocycles. The quantitative estimate of drug-likeness (QED) is 0.464. The number of nitrogens with zero attached hydrogens (tertiary/aromatic N) is 1. The summed E-state index contributed by atoms with van der Waals surface area (Å²) in [7, 11) is 1.99. The number of hydrogen-bond acceptors (Lipinski definition) is 2. The minimum absolute atomic E-state index is 0.237. The Bertz CT molecular complexity index is 204. The fraction of sp³-hybridized carbons (Fsp3) is 0.429. The van der Waals surface area contributed by atoms with Crippen LogP contribution >= 0.6 is 0 Å². The molecule has 0 saturated heterocycles. The monoisotopic (exact) mass is 139 g/mol. The molecule has 0 fully saturated rings. The molecule has 1 aromatic rings. The normalized spacial score (nSPS) is 13.5. The van der Waals surface area contributed by atoms with Gasteiger partial charge < -0.3 is 4.57 Å². The first-order chi connectivity index (χ1) is 4.74. The number of hydrogen-bond donors (Lipinski definition) is 2. The molecule has 0 amide bonds. The zero-order chi connectivity index (χ0) is 7.56. The molecule has 0 aliphatic carbocycles. The molecular formula is C7H13N3. The van der Waals surface area contributed by atoms with Crippen LogP contribution in [0.15, 0.2) is 18.5 Å². The van der Waals surface area contributed by atoms with Crippen LogP contribution in [0.4, 0.5) is 0 Å². The van der Waals surface area contributed by atoms with E-state index in [1.54, 1.807) is 0 Å². The Balaban J connectivity index is 2.74. The number of nitrogens with one attached hydrogen (secondary N) is 1. The van der Waals surface area contributed by atoms with Gasteiger partial charge in [-0.3, -0.25) is 11.3 Å². The maximum absolute atomic E-state index is 5.25. The van der Waals surface area contributed by atoms with Gasteiger partial charge in [0, 0.05) is 25.5 Å². The van der Waals surface area contributed by atoms with E-state index in [0.717, 1.165) is 0 Å². The molecule has 0 aliphatic rings. The lowest BCUT2D eigenvalue weighted by Crippen LogP contribution is -2.25. The molecule has 0 spiro atoms. The molecule has 1 unspecified atom stereocenters. The van der Waals surface area contributed by atoms with Gasteiger partial charge in [0.2, 0.25) is 0 Å². The van der Waals surface area contributed by atoms with Gasteiger partial charge in [0.15, 0.2) is 0 Å². The third-order valence-corrected chi connectivity index (χ3v) is 1.60. The Labute approximate surface area is 60.8 Å². The fourth-order valence-corrected chi connectivity index (χ4v) is 0.877. The van der Waals surface area contributed by atoms with Gasteiger partial charge >= 0.3 is 0 Å². The van der Waals surface area contributed by atoms with E-state index in [1.165, 1.54) is 5.56 Å². The van der Waals surface area contributed by atoms with Crippen LogP contribution in [-0.2, 0) is 7.05 Å². The van der Waals surface area contributed by atoms with E-state index in [2.05, 4.69) is 5.43 Å². The van der Waals surface area contributed by atoms with Crippen molar-refractivity contribution in [2.24, 2.45) is 12.9 Å². The van der Waals surface area contributed by atoms with Crippen molar-refractivity contribution in [3.63, 3.8) is 0 Å². The summed E-state index contributed by atoms with van der Waals surface area (Å²) in [5.74, 6) is 5.25. The second-order valence-corrected chi connectivity index (χ2v) is 2.50. The molecule has 10 heavy (non-hydrogen) atoms. The van der Waals surface area contributed by atoms with Gasteiger partial charge in [0.05, 0.1) is 0 Å². The molecule has 1 heterocycles. The van der Waals surface area contributed by atoms with Crippen molar-refractivity contribution in [3.05, 3.63) is 24.0 Å². The van der Waals surface area contributed by atoms with E-state index in [-0.39, 0.29) is 6.04 Å². The number of rotatable bonds is 2. The number of aromatic nitrogens is 1. The summed E-state index contributed by atoms with van der Waals surface area (Å²) in [6.45, 7) is 2.02. The molecule has 0 bridgehead atoms. The second kappa shape index (κ2) is 2.86. The van der Waals surface area contributed by atoms with Crippen molar-refractivity contribution in [2.45, 2.75) is 13.0 Å². The summed E-state index contributed by atoms with van der Waals surface area (Å²) in [4.78, 5) is 0. The molecule has 0 radical (unpaired) electrons. The summed E-state index contributed by atoms with van der Waals surface area (Å²) in [5.41, 5.74) is 3.89. The van der Waals surface area contributed by atoms with Crippen molar-refractivity contribution in [2.75, 3.05) is 0 Å². The van der Waals surface area contributed by atoms with Gasteiger partial charge in [0.25, 0.3) is 0 Å². The van der Waals surface area contributed by atoms with Gasteiger partial charge in [-0.25, -0.2) is 0 Å². The van der Waals surface area contributed by atoms with E-state index < -0.39 is 0 Å². The minimum atomic E-state index is 0.237. The van der Waals surface area contributed by atoms with Crippen molar-refractivity contribution >= 4 is 0 Å². The SMILES string of the molecule is CC(NN)c1ccn(C)c1. The Morgan fingerprint density at radius 3 is 2.80 bits per heavy atom. The largest absolute Gasteiger partial charge is 0.357 e. The van der Waals surface area contributed by atoms with Crippen LogP contribution in [0, 0.1) is 0 Å². The number of nitrogens with two attached hydrogens (primary N) is 1. The number of aryl methyl sites for hydroxylation is 1. The Kier molecular flexibility index (Phi) is 2.09. The van der Waals surface area contributed by atoms with Crippen molar-refractivity contribution < 1.29 is 0 Å². The summed E-state index contributed by atoms with van der Waals surface area (Å²) in [6, 6.07) is 2.28. The molecule has 3 N–H and O–H groups in total. The molecule has 1 rings (SSSR count). The van der Waals surface area contributed by atoms with Crippen molar-refractivity contribution in [1.29, 1.82) is 0 Å². The molecule has 3 nitrogen and oxygen atoms in total. The zero-order valence-corrected chi connectivity index (χ0v) is 6.33.